The van der Waals surface area contributed by atoms with Gasteiger partial charge in [0.25, 0.3) is 5.89 Å². The number of aromatic nitrogens is 6. The van der Waals surface area contributed by atoms with E-state index in [9.17, 15) is 13.2 Å². The predicted molar refractivity (Wildman–Crippen MR) is 95.1 cm³/mol. The van der Waals surface area contributed by atoms with Crippen LogP contribution in [0.2, 0.25) is 0 Å². The Bertz CT molecular complexity index is 1080. The first-order chi connectivity index (χ1) is 14.0. The summed E-state index contributed by atoms with van der Waals surface area (Å²) in [4.78, 5) is 4.33. The van der Waals surface area contributed by atoms with Crippen molar-refractivity contribution in [1.82, 2.24) is 30.3 Å². The molecule has 0 atom stereocenters. The maximum absolute atomic E-state index is 12.3. The lowest BCUT2D eigenvalue weighted by Gasteiger charge is -2.09. The molecule has 0 aliphatic carbocycles. The molecule has 0 amide bonds. The maximum atomic E-state index is 12.3. The lowest BCUT2D eigenvalue weighted by atomic mass is 10.2. The summed E-state index contributed by atoms with van der Waals surface area (Å²) in [6.45, 7) is 0. The number of hydrogen-bond acceptors (Lipinski definition) is 8. The summed E-state index contributed by atoms with van der Waals surface area (Å²) < 4.78 is 47.3. The van der Waals surface area contributed by atoms with Gasteiger partial charge >= 0.3 is 6.36 Å². The minimum Gasteiger partial charge on any atom is -0.406 e. The van der Waals surface area contributed by atoms with Crippen LogP contribution in [0.3, 0.4) is 0 Å². The van der Waals surface area contributed by atoms with Gasteiger partial charge in [0, 0.05) is 5.56 Å². The number of alkyl halides is 3. The molecule has 0 aliphatic rings. The quantitative estimate of drug-likeness (QED) is 0.434. The van der Waals surface area contributed by atoms with Crippen molar-refractivity contribution in [1.29, 1.82) is 0 Å². The fourth-order valence-electron chi connectivity index (χ4n) is 2.36. The van der Waals surface area contributed by atoms with E-state index in [4.69, 9.17) is 4.52 Å². The van der Waals surface area contributed by atoms with Crippen LogP contribution in [0, 0.1) is 0 Å². The van der Waals surface area contributed by atoms with Gasteiger partial charge in [-0.2, -0.15) is 9.67 Å². The van der Waals surface area contributed by atoms with Crippen molar-refractivity contribution in [2.45, 2.75) is 17.3 Å². The van der Waals surface area contributed by atoms with Crippen LogP contribution in [0.5, 0.6) is 5.75 Å². The summed E-state index contributed by atoms with van der Waals surface area (Å²) in [7, 11) is 0. The monoisotopic (exact) mass is 420 g/mol. The number of benzene rings is 2. The molecule has 0 bridgehead atoms. The van der Waals surface area contributed by atoms with E-state index in [0.29, 0.717) is 28.3 Å². The van der Waals surface area contributed by atoms with Crippen LogP contribution in [0.25, 0.3) is 17.1 Å². The molecule has 0 spiro atoms. The first kappa shape index (κ1) is 18.9. The third-order valence-electron chi connectivity index (χ3n) is 3.57. The molecule has 12 heteroatoms. The normalized spacial score (nSPS) is 11.6. The van der Waals surface area contributed by atoms with Crippen LogP contribution in [-0.4, -0.2) is 36.7 Å². The Morgan fingerprint density at radius 1 is 1.03 bits per heavy atom. The summed E-state index contributed by atoms with van der Waals surface area (Å²) in [6, 6.07) is 14.5. The molecule has 0 fully saturated rings. The number of nitrogens with zero attached hydrogens (tertiary/aromatic N) is 6. The van der Waals surface area contributed by atoms with Crippen molar-refractivity contribution in [2.24, 2.45) is 0 Å². The minimum absolute atomic E-state index is 0.330. The lowest BCUT2D eigenvalue weighted by Crippen LogP contribution is -2.17. The van der Waals surface area contributed by atoms with E-state index in [-0.39, 0.29) is 5.75 Å². The molecule has 29 heavy (non-hydrogen) atoms. The first-order valence-corrected chi connectivity index (χ1v) is 9.12. The van der Waals surface area contributed by atoms with Crippen molar-refractivity contribution < 1.29 is 22.4 Å². The van der Waals surface area contributed by atoms with Gasteiger partial charge in [-0.3, -0.25) is 0 Å². The molecule has 0 saturated heterocycles. The second kappa shape index (κ2) is 7.91. The Hall–Kier alpha value is -3.41. The highest BCUT2D eigenvalue weighted by Gasteiger charge is 2.31. The molecule has 2 aromatic carbocycles. The zero-order valence-corrected chi connectivity index (χ0v) is 15.3. The number of ether oxygens (including phenoxy) is 1. The highest BCUT2D eigenvalue weighted by molar-refractivity contribution is 7.98. The average Bonchev–Trinajstić information content (AvgIpc) is 3.36. The Kier molecular flexibility index (Phi) is 5.16. The van der Waals surface area contributed by atoms with Gasteiger partial charge in [-0.15, -0.1) is 18.3 Å². The third kappa shape index (κ3) is 4.71. The molecular formula is C17H11F3N6O2S. The van der Waals surface area contributed by atoms with Gasteiger partial charge in [-0.25, -0.2) is 0 Å². The smallest absolute Gasteiger partial charge is 0.406 e. The molecule has 0 saturated carbocycles. The summed E-state index contributed by atoms with van der Waals surface area (Å²) in [5.41, 5.74) is 1.28. The molecular weight excluding hydrogens is 409 g/mol. The summed E-state index contributed by atoms with van der Waals surface area (Å²) in [5.74, 6) is 0.869. The van der Waals surface area contributed by atoms with E-state index in [1.54, 1.807) is 0 Å². The number of hydrogen-bond donors (Lipinski definition) is 0. The van der Waals surface area contributed by atoms with Crippen LogP contribution < -0.4 is 4.74 Å². The Morgan fingerprint density at radius 3 is 2.52 bits per heavy atom. The van der Waals surface area contributed by atoms with E-state index < -0.39 is 6.36 Å². The van der Waals surface area contributed by atoms with Crippen molar-refractivity contribution in [3.63, 3.8) is 0 Å². The molecule has 148 valence electrons. The molecule has 0 N–H and O–H groups in total. The number of halogens is 3. The first-order valence-electron chi connectivity index (χ1n) is 8.13. The van der Waals surface area contributed by atoms with Crippen molar-refractivity contribution in [3.8, 4) is 22.9 Å². The standard InChI is InChI=1S/C17H11F3N6O2S/c18-17(19,20)27-13-8-6-12(7-9-13)26-16(22-24-25-26)29-10-14-21-15(28-23-14)11-4-2-1-3-5-11/h1-9H,10H2. The molecule has 8 nitrogen and oxygen atoms in total. The summed E-state index contributed by atoms with van der Waals surface area (Å²) in [5, 5.41) is 15.7. The molecule has 0 radical (unpaired) electrons. The number of thioether (sulfide) groups is 1. The van der Waals surface area contributed by atoms with Crippen molar-refractivity contribution >= 4 is 11.8 Å². The zero-order valence-electron chi connectivity index (χ0n) is 14.4. The Morgan fingerprint density at radius 2 is 1.79 bits per heavy atom. The predicted octanol–water partition coefficient (Wildman–Crippen LogP) is 3.90. The van der Waals surface area contributed by atoms with Crippen LogP contribution in [0.4, 0.5) is 13.2 Å². The second-order valence-electron chi connectivity index (χ2n) is 5.59. The summed E-state index contributed by atoms with van der Waals surface area (Å²) in [6.07, 6.45) is -4.75. The largest absolute Gasteiger partial charge is 0.573 e. The van der Waals surface area contributed by atoms with Gasteiger partial charge in [0.1, 0.15) is 5.75 Å². The molecule has 0 aliphatic heterocycles. The van der Waals surface area contributed by atoms with E-state index in [1.165, 1.54) is 40.7 Å². The van der Waals surface area contributed by atoms with Crippen molar-refractivity contribution in [2.75, 3.05) is 0 Å². The topological polar surface area (TPSA) is 91.8 Å². The van der Waals surface area contributed by atoms with E-state index in [2.05, 4.69) is 30.4 Å². The zero-order chi connectivity index (χ0) is 20.3. The molecule has 4 aromatic rings. The van der Waals surface area contributed by atoms with Gasteiger partial charge in [-0.1, -0.05) is 35.1 Å². The Balaban J connectivity index is 1.44. The van der Waals surface area contributed by atoms with Crippen LogP contribution in [-0.2, 0) is 5.75 Å². The average molecular weight is 420 g/mol. The SMILES string of the molecule is FC(F)(F)Oc1ccc(-n2nnnc2SCc2noc(-c3ccccc3)n2)cc1. The third-order valence-corrected chi connectivity index (χ3v) is 4.49. The van der Waals surface area contributed by atoms with E-state index >= 15 is 0 Å². The Labute approximate surface area is 165 Å². The van der Waals surface area contributed by atoms with Gasteiger partial charge in [-0.05, 0) is 46.8 Å². The highest BCUT2D eigenvalue weighted by Crippen LogP contribution is 2.26. The minimum atomic E-state index is -4.75. The molecule has 2 aromatic heterocycles. The van der Waals surface area contributed by atoms with Gasteiger partial charge in [0.05, 0.1) is 11.4 Å². The second-order valence-corrected chi connectivity index (χ2v) is 6.53. The lowest BCUT2D eigenvalue weighted by molar-refractivity contribution is -0.274. The number of rotatable bonds is 6. The molecule has 4 rings (SSSR count). The molecule has 0 unspecified atom stereocenters. The molecule has 2 heterocycles. The number of tetrazole rings is 1. The van der Waals surface area contributed by atoms with Gasteiger partial charge in [0.2, 0.25) is 5.16 Å². The van der Waals surface area contributed by atoms with Crippen molar-refractivity contribution in [3.05, 3.63) is 60.4 Å². The summed E-state index contributed by atoms with van der Waals surface area (Å²) >= 11 is 1.25. The van der Waals surface area contributed by atoms with Crippen LogP contribution in [0.1, 0.15) is 5.82 Å². The van der Waals surface area contributed by atoms with Gasteiger partial charge in [0.15, 0.2) is 5.82 Å². The fourth-order valence-corrected chi connectivity index (χ4v) is 3.09. The highest BCUT2D eigenvalue weighted by atomic mass is 32.2. The van der Waals surface area contributed by atoms with Crippen LogP contribution in [0.15, 0.2) is 64.3 Å². The van der Waals surface area contributed by atoms with E-state index in [0.717, 1.165) is 5.56 Å². The fraction of sp³-hybridized carbons (Fsp3) is 0.118. The van der Waals surface area contributed by atoms with E-state index in [1.807, 2.05) is 30.3 Å². The van der Waals surface area contributed by atoms with Crippen LogP contribution >= 0.6 is 11.8 Å². The van der Waals surface area contributed by atoms with Gasteiger partial charge < -0.3 is 9.26 Å². The maximum Gasteiger partial charge on any atom is 0.573 e.